The van der Waals surface area contributed by atoms with Gasteiger partial charge in [0.15, 0.2) is 0 Å². The van der Waals surface area contributed by atoms with Crippen LogP contribution >= 0.6 is 0 Å². The van der Waals surface area contributed by atoms with Gasteiger partial charge in [-0.2, -0.15) is 0 Å². The van der Waals surface area contributed by atoms with Crippen molar-refractivity contribution in [2.45, 2.75) is 6.92 Å². The van der Waals surface area contributed by atoms with Crippen molar-refractivity contribution in [3.05, 3.63) is 11.9 Å². The molecular weight excluding hydrogens is 116 g/mol. The molecule has 0 bridgehead atoms. The highest BCUT2D eigenvalue weighted by atomic mass is 15.0. The highest BCUT2D eigenvalue weighted by molar-refractivity contribution is 5.41. The largest absolute Gasteiger partial charge is 0.396 e. The molecule has 4 N–H and O–H groups in total. The Labute approximate surface area is 52.9 Å². The number of anilines is 2. The summed E-state index contributed by atoms with van der Waals surface area (Å²) in [5.41, 5.74) is 12.0. The molecule has 4 nitrogen and oxygen atoms in total. The molecule has 0 aliphatic carbocycles. The third-order valence-electron chi connectivity index (χ3n) is 1.04. The first-order valence-corrected chi connectivity index (χ1v) is 2.55. The maximum atomic E-state index is 5.41. The van der Waals surface area contributed by atoms with Crippen LogP contribution in [-0.4, -0.2) is 9.97 Å². The van der Waals surface area contributed by atoms with Gasteiger partial charge in [0.2, 0.25) is 5.95 Å². The monoisotopic (exact) mass is 124 g/mol. The van der Waals surface area contributed by atoms with Crippen LogP contribution in [0, 0.1) is 6.92 Å². The van der Waals surface area contributed by atoms with E-state index in [1.807, 2.05) is 0 Å². The van der Waals surface area contributed by atoms with Crippen LogP contribution in [-0.2, 0) is 0 Å². The van der Waals surface area contributed by atoms with E-state index in [9.17, 15) is 0 Å². The summed E-state index contributed by atoms with van der Waals surface area (Å²) < 4.78 is 0. The molecule has 4 heteroatoms. The molecule has 0 radical (unpaired) electrons. The van der Waals surface area contributed by atoms with Gasteiger partial charge in [0.05, 0.1) is 17.6 Å². The van der Waals surface area contributed by atoms with Gasteiger partial charge in [-0.25, -0.2) is 9.97 Å². The van der Waals surface area contributed by atoms with Crippen molar-refractivity contribution in [2.75, 3.05) is 11.5 Å². The van der Waals surface area contributed by atoms with Crippen molar-refractivity contribution in [3.8, 4) is 0 Å². The standard InChI is InChI=1S/C5H8N4/c1-3-4(6)2-8-5(7)9-3/h2H,6H2,1H3,(H2,7,8,9). The highest BCUT2D eigenvalue weighted by Crippen LogP contribution is 2.04. The lowest BCUT2D eigenvalue weighted by atomic mass is 10.4. The first kappa shape index (κ1) is 5.81. The second-order valence-corrected chi connectivity index (χ2v) is 1.77. The molecule has 48 valence electrons. The lowest BCUT2D eigenvalue weighted by molar-refractivity contribution is 1.13. The van der Waals surface area contributed by atoms with Crippen LogP contribution in [0.2, 0.25) is 0 Å². The average molecular weight is 124 g/mol. The fourth-order valence-electron chi connectivity index (χ4n) is 0.494. The first-order valence-electron chi connectivity index (χ1n) is 2.55. The van der Waals surface area contributed by atoms with Crippen LogP contribution in [0.5, 0.6) is 0 Å². The van der Waals surface area contributed by atoms with E-state index < -0.39 is 0 Å². The minimum absolute atomic E-state index is 0.265. The van der Waals surface area contributed by atoms with Gasteiger partial charge in [0.25, 0.3) is 0 Å². The molecule has 0 amide bonds. The summed E-state index contributed by atoms with van der Waals surface area (Å²) in [7, 11) is 0. The molecule has 0 aliphatic rings. The van der Waals surface area contributed by atoms with E-state index in [0.717, 1.165) is 5.69 Å². The first-order chi connectivity index (χ1) is 4.20. The molecule has 0 aliphatic heterocycles. The minimum atomic E-state index is 0.265. The Bertz CT molecular complexity index is 220. The number of aryl methyl sites for hydroxylation is 1. The molecule has 0 saturated carbocycles. The van der Waals surface area contributed by atoms with Gasteiger partial charge in [-0.05, 0) is 6.92 Å². The Morgan fingerprint density at radius 1 is 1.44 bits per heavy atom. The van der Waals surface area contributed by atoms with E-state index in [4.69, 9.17) is 11.5 Å². The maximum absolute atomic E-state index is 5.41. The number of rotatable bonds is 0. The quantitative estimate of drug-likeness (QED) is 0.508. The lowest BCUT2D eigenvalue weighted by Crippen LogP contribution is -1.99. The molecule has 1 rings (SSSR count). The Morgan fingerprint density at radius 2 is 2.11 bits per heavy atom. The topological polar surface area (TPSA) is 77.8 Å². The Morgan fingerprint density at radius 3 is 2.56 bits per heavy atom. The normalized spacial score (nSPS) is 9.44. The smallest absolute Gasteiger partial charge is 0.220 e. The number of hydrogen-bond donors (Lipinski definition) is 2. The fourth-order valence-corrected chi connectivity index (χ4v) is 0.494. The fraction of sp³-hybridized carbons (Fsp3) is 0.200. The van der Waals surface area contributed by atoms with E-state index in [1.165, 1.54) is 6.20 Å². The number of hydrogen-bond acceptors (Lipinski definition) is 4. The number of nitrogen functional groups attached to an aromatic ring is 2. The maximum Gasteiger partial charge on any atom is 0.220 e. The van der Waals surface area contributed by atoms with Gasteiger partial charge in [0, 0.05) is 0 Å². The minimum Gasteiger partial charge on any atom is -0.396 e. The molecule has 1 aromatic rings. The molecule has 0 unspecified atom stereocenters. The Kier molecular flexibility index (Phi) is 1.22. The molecule has 9 heavy (non-hydrogen) atoms. The molecule has 1 aromatic heterocycles. The Hall–Kier alpha value is -1.32. The van der Waals surface area contributed by atoms with Crippen molar-refractivity contribution >= 4 is 11.6 Å². The third-order valence-corrected chi connectivity index (χ3v) is 1.04. The molecule has 0 saturated heterocycles. The lowest BCUT2D eigenvalue weighted by Gasteiger charge is -1.96. The molecular formula is C5H8N4. The molecule has 0 aromatic carbocycles. The zero-order valence-electron chi connectivity index (χ0n) is 5.13. The molecule has 0 fully saturated rings. The number of nitrogens with two attached hydrogens (primary N) is 2. The zero-order chi connectivity index (χ0) is 6.85. The predicted octanol–water partition coefficient (Wildman–Crippen LogP) is -0.0506. The molecule has 1 heterocycles. The summed E-state index contributed by atoms with van der Waals surface area (Å²) in [6, 6.07) is 0. The summed E-state index contributed by atoms with van der Waals surface area (Å²) in [6.07, 6.45) is 1.50. The highest BCUT2D eigenvalue weighted by Gasteiger charge is 1.93. The number of nitrogens with zero attached hydrogens (tertiary/aromatic N) is 2. The van der Waals surface area contributed by atoms with E-state index in [0.29, 0.717) is 5.69 Å². The van der Waals surface area contributed by atoms with Crippen LogP contribution in [0.3, 0.4) is 0 Å². The number of aromatic nitrogens is 2. The van der Waals surface area contributed by atoms with E-state index in [1.54, 1.807) is 6.92 Å². The van der Waals surface area contributed by atoms with Crippen LogP contribution in [0.1, 0.15) is 5.69 Å². The average Bonchev–Trinajstić information content (AvgIpc) is 1.80. The van der Waals surface area contributed by atoms with Crippen molar-refractivity contribution in [1.82, 2.24) is 9.97 Å². The summed E-state index contributed by atoms with van der Waals surface area (Å²) in [5.74, 6) is 0.265. The van der Waals surface area contributed by atoms with Crippen LogP contribution in [0.4, 0.5) is 11.6 Å². The zero-order valence-corrected chi connectivity index (χ0v) is 5.13. The Balaban J connectivity index is 3.17. The molecule has 0 spiro atoms. The molecule has 0 atom stereocenters. The third kappa shape index (κ3) is 1.07. The predicted molar refractivity (Wildman–Crippen MR) is 35.6 cm³/mol. The summed E-state index contributed by atoms with van der Waals surface area (Å²) >= 11 is 0. The van der Waals surface area contributed by atoms with Gasteiger partial charge < -0.3 is 11.5 Å². The van der Waals surface area contributed by atoms with E-state index in [-0.39, 0.29) is 5.95 Å². The van der Waals surface area contributed by atoms with Crippen molar-refractivity contribution in [2.24, 2.45) is 0 Å². The van der Waals surface area contributed by atoms with E-state index >= 15 is 0 Å². The second-order valence-electron chi connectivity index (χ2n) is 1.77. The van der Waals surface area contributed by atoms with Crippen LogP contribution < -0.4 is 11.5 Å². The summed E-state index contributed by atoms with van der Waals surface area (Å²) in [6.45, 7) is 1.79. The van der Waals surface area contributed by atoms with Gasteiger partial charge in [-0.3, -0.25) is 0 Å². The second kappa shape index (κ2) is 1.89. The van der Waals surface area contributed by atoms with Gasteiger partial charge in [-0.1, -0.05) is 0 Å². The summed E-state index contributed by atoms with van der Waals surface area (Å²) in [4.78, 5) is 7.50. The van der Waals surface area contributed by atoms with Crippen LogP contribution in [0.25, 0.3) is 0 Å². The van der Waals surface area contributed by atoms with Crippen molar-refractivity contribution in [1.29, 1.82) is 0 Å². The van der Waals surface area contributed by atoms with E-state index in [2.05, 4.69) is 9.97 Å². The van der Waals surface area contributed by atoms with Gasteiger partial charge >= 0.3 is 0 Å². The SMILES string of the molecule is Cc1nc(N)ncc1N. The van der Waals surface area contributed by atoms with Crippen molar-refractivity contribution in [3.63, 3.8) is 0 Å². The summed E-state index contributed by atoms with van der Waals surface area (Å²) in [5, 5.41) is 0. The van der Waals surface area contributed by atoms with Gasteiger partial charge in [-0.15, -0.1) is 0 Å². The van der Waals surface area contributed by atoms with Crippen molar-refractivity contribution < 1.29 is 0 Å². The van der Waals surface area contributed by atoms with Crippen LogP contribution in [0.15, 0.2) is 6.20 Å². The van der Waals surface area contributed by atoms with Gasteiger partial charge in [0.1, 0.15) is 0 Å².